The summed E-state index contributed by atoms with van der Waals surface area (Å²) in [6, 6.07) is 8.15. The summed E-state index contributed by atoms with van der Waals surface area (Å²) in [5, 5.41) is 0. The molecule has 0 amide bonds. The van der Waals surface area contributed by atoms with Gasteiger partial charge in [0.15, 0.2) is 0 Å². The van der Waals surface area contributed by atoms with Crippen LogP contribution in [0.15, 0.2) is 24.3 Å². The van der Waals surface area contributed by atoms with Gasteiger partial charge in [0.2, 0.25) is 0 Å². The van der Waals surface area contributed by atoms with Crippen molar-refractivity contribution in [3.63, 3.8) is 0 Å². The van der Waals surface area contributed by atoms with Gasteiger partial charge in [0, 0.05) is 17.8 Å². The maximum atomic E-state index is 5.83. The minimum Gasteiger partial charge on any atom is -0.399 e. The summed E-state index contributed by atoms with van der Waals surface area (Å²) in [5.41, 5.74) is 15.5. The van der Waals surface area contributed by atoms with Crippen LogP contribution in [0.2, 0.25) is 0 Å². The van der Waals surface area contributed by atoms with Gasteiger partial charge in [0.1, 0.15) is 0 Å². The summed E-state index contributed by atoms with van der Waals surface area (Å²) < 4.78 is 0. The monoisotopic (exact) mass is 271 g/mol. The first-order valence-corrected chi connectivity index (χ1v) is 8.05. The van der Waals surface area contributed by atoms with E-state index in [9.17, 15) is 0 Å². The Bertz CT molecular complexity index is 461. The number of benzene rings is 1. The van der Waals surface area contributed by atoms with Crippen molar-refractivity contribution in [3.8, 4) is 0 Å². The molecule has 3 nitrogen and oxygen atoms in total. The van der Waals surface area contributed by atoms with Crippen LogP contribution in [0.4, 0.5) is 5.69 Å². The highest BCUT2D eigenvalue weighted by Crippen LogP contribution is 2.55. The van der Waals surface area contributed by atoms with Crippen LogP contribution < -0.4 is 16.6 Å². The van der Waals surface area contributed by atoms with E-state index in [0.717, 1.165) is 30.0 Å². The number of rotatable bonds is 4. The largest absolute Gasteiger partial charge is 0.399 e. The highest BCUT2D eigenvalue weighted by Gasteiger charge is 2.50. The van der Waals surface area contributed by atoms with Crippen LogP contribution in [-0.2, 0) is 6.54 Å². The molecule has 0 aliphatic heterocycles. The molecule has 108 valence electrons. The zero-order valence-electron chi connectivity index (χ0n) is 12.1. The summed E-state index contributed by atoms with van der Waals surface area (Å²) in [6.07, 6.45) is 8.62. The van der Waals surface area contributed by atoms with Gasteiger partial charge in [0.25, 0.3) is 0 Å². The molecule has 1 aromatic carbocycles. The Labute approximate surface area is 121 Å². The van der Waals surface area contributed by atoms with Crippen LogP contribution in [0.25, 0.3) is 0 Å². The van der Waals surface area contributed by atoms with E-state index in [0.29, 0.717) is 5.54 Å². The van der Waals surface area contributed by atoms with Crippen molar-refractivity contribution < 1.29 is 0 Å². The molecule has 0 heterocycles. The third-order valence-electron chi connectivity index (χ3n) is 5.64. The van der Waals surface area contributed by atoms with Crippen LogP contribution in [0, 0.1) is 17.8 Å². The molecule has 4 aliphatic carbocycles. The molecule has 0 atom stereocenters. The lowest BCUT2D eigenvalue weighted by Gasteiger charge is -2.57. The summed E-state index contributed by atoms with van der Waals surface area (Å²) in [5.74, 6) is 2.97. The molecule has 4 bridgehead atoms. The van der Waals surface area contributed by atoms with E-state index in [-0.39, 0.29) is 0 Å². The van der Waals surface area contributed by atoms with Crippen LogP contribution >= 0.6 is 0 Å². The molecule has 5 rings (SSSR count). The number of anilines is 1. The average Bonchev–Trinajstić information content (AvgIpc) is 2.36. The smallest absolute Gasteiger partial charge is 0.0352 e. The lowest BCUT2D eigenvalue weighted by Crippen LogP contribution is -2.61. The minimum absolute atomic E-state index is 0.384. The lowest BCUT2D eigenvalue weighted by atomic mass is 9.53. The second-order valence-electron chi connectivity index (χ2n) is 7.42. The average molecular weight is 271 g/mol. The minimum atomic E-state index is 0.384. The molecule has 0 radical (unpaired) electrons. The molecule has 4 aliphatic rings. The normalized spacial score (nSPS) is 38.3. The van der Waals surface area contributed by atoms with Crippen LogP contribution in [-0.4, -0.2) is 5.54 Å². The Morgan fingerprint density at radius 3 is 2.30 bits per heavy atom. The van der Waals surface area contributed by atoms with E-state index in [1.165, 1.54) is 44.1 Å². The quantitative estimate of drug-likeness (QED) is 0.583. The van der Waals surface area contributed by atoms with Gasteiger partial charge in [-0.3, -0.25) is 10.9 Å². The molecule has 4 saturated carbocycles. The first-order chi connectivity index (χ1) is 9.71. The van der Waals surface area contributed by atoms with Gasteiger partial charge in [-0.05, 0) is 74.0 Å². The number of nitrogen functional groups attached to an aromatic ring is 1. The fourth-order valence-electron chi connectivity index (χ4n) is 5.30. The Morgan fingerprint density at radius 2 is 1.70 bits per heavy atom. The molecule has 1 aromatic rings. The summed E-state index contributed by atoms with van der Waals surface area (Å²) >= 11 is 0. The van der Waals surface area contributed by atoms with E-state index < -0.39 is 0 Å². The van der Waals surface area contributed by atoms with Crippen molar-refractivity contribution in [1.29, 1.82) is 0 Å². The van der Waals surface area contributed by atoms with Gasteiger partial charge < -0.3 is 5.73 Å². The van der Waals surface area contributed by atoms with E-state index in [1.54, 1.807) is 0 Å². The van der Waals surface area contributed by atoms with Crippen LogP contribution in [0.1, 0.15) is 44.1 Å². The lowest BCUT2D eigenvalue weighted by molar-refractivity contribution is -0.0271. The SMILES string of the molecule is Nc1cccc(CNNC23CC4CC(CC(C4)C2)C3)c1. The first-order valence-electron chi connectivity index (χ1n) is 8.05. The van der Waals surface area contributed by atoms with Crippen molar-refractivity contribution in [3.05, 3.63) is 29.8 Å². The highest BCUT2D eigenvalue weighted by atomic mass is 15.4. The molecule has 0 aromatic heterocycles. The highest BCUT2D eigenvalue weighted by molar-refractivity contribution is 5.40. The van der Waals surface area contributed by atoms with Gasteiger partial charge in [-0.2, -0.15) is 0 Å². The Morgan fingerprint density at radius 1 is 1.05 bits per heavy atom. The topological polar surface area (TPSA) is 50.1 Å². The van der Waals surface area contributed by atoms with Gasteiger partial charge >= 0.3 is 0 Å². The molecule has 4 N–H and O–H groups in total. The van der Waals surface area contributed by atoms with Crippen LogP contribution in [0.3, 0.4) is 0 Å². The number of hydrogen-bond acceptors (Lipinski definition) is 3. The van der Waals surface area contributed by atoms with Crippen molar-refractivity contribution >= 4 is 5.69 Å². The molecule has 0 unspecified atom stereocenters. The summed E-state index contributed by atoms with van der Waals surface area (Å²) in [7, 11) is 0. The molecular weight excluding hydrogens is 246 g/mol. The van der Waals surface area contributed by atoms with Crippen molar-refractivity contribution in [2.75, 3.05) is 5.73 Å². The third kappa shape index (κ3) is 2.33. The second-order valence-corrected chi connectivity index (χ2v) is 7.42. The Balaban J connectivity index is 1.37. The van der Waals surface area contributed by atoms with Gasteiger partial charge in [-0.25, -0.2) is 0 Å². The molecule has 0 spiro atoms. The third-order valence-corrected chi connectivity index (χ3v) is 5.64. The van der Waals surface area contributed by atoms with Gasteiger partial charge in [-0.15, -0.1) is 0 Å². The summed E-state index contributed by atoms with van der Waals surface area (Å²) in [4.78, 5) is 0. The predicted octanol–water partition coefficient (Wildman–Crippen LogP) is 2.83. The zero-order chi connectivity index (χ0) is 13.6. The van der Waals surface area contributed by atoms with Crippen LogP contribution in [0.5, 0.6) is 0 Å². The maximum Gasteiger partial charge on any atom is 0.0352 e. The van der Waals surface area contributed by atoms with E-state index in [2.05, 4.69) is 16.9 Å². The standard InChI is InChI=1S/C17H25N3/c18-16-3-1-2-12(7-16)11-19-20-17-8-13-4-14(9-17)6-15(5-13)10-17/h1-3,7,13-15,19-20H,4-6,8-11,18H2. The van der Waals surface area contributed by atoms with E-state index in [4.69, 9.17) is 5.73 Å². The van der Waals surface area contributed by atoms with Gasteiger partial charge in [-0.1, -0.05) is 12.1 Å². The molecular formula is C17H25N3. The van der Waals surface area contributed by atoms with E-state index in [1.807, 2.05) is 18.2 Å². The maximum absolute atomic E-state index is 5.83. The number of nitrogens with one attached hydrogen (secondary N) is 2. The molecule has 3 heteroatoms. The Hall–Kier alpha value is -1.06. The zero-order valence-corrected chi connectivity index (χ0v) is 12.1. The van der Waals surface area contributed by atoms with Crippen molar-refractivity contribution in [2.45, 2.75) is 50.6 Å². The van der Waals surface area contributed by atoms with Gasteiger partial charge in [0.05, 0.1) is 0 Å². The number of nitrogens with two attached hydrogens (primary N) is 1. The number of hydrazine groups is 1. The summed E-state index contributed by atoms with van der Waals surface area (Å²) in [6.45, 7) is 0.854. The molecule has 4 fully saturated rings. The first kappa shape index (κ1) is 12.7. The fraction of sp³-hybridized carbons (Fsp3) is 0.647. The predicted molar refractivity (Wildman–Crippen MR) is 81.7 cm³/mol. The number of hydrogen-bond donors (Lipinski definition) is 3. The fourth-order valence-corrected chi connectivity index (χ4v) is 5.30. The second kappa shape index (κ2) is 4.74. The van der Waals surface area contributed by atoms with Crippen molar-refractivity contribution in [1.82, 2.24) is 10.9 Å². The molecule has 20 heavy (non-hydrogen) atoms. The van der Waals surface area contributed by atoms with E-state index >= 15 is 0 Å². The Kier molecular flexibility index (Phi) is 3.00. The van der Waals surface area contributed by atoms with Crippen molar-refractivity contribution in [2.24, 2.45) is 17.8 Å². The molecule has 0 saturated heterocycles.